The highest BCUT2D eigenvalue weighted by atomic mass is 16.7. The lowest BCUT2D eigenvalue weighted by Gasteiger charge is -2.34. The Morgan fingerprint density at radius 1 is 1.02 bits per heavy atom. The Labute approximate surface area is 237 Å². The lowest BCUT2D eigenvalue weighted by molar-refractivity contribution is -0.153. The summed E-state index contributed by atoms with van der Waals surface area (Å²) in [6, 6.07) is 20.1. The molecule has 2 aromatic carbocycles. The van der Waals surface area contributed by atoms with Crippen molar-refractivity contribution in [3.63, 3.8) is 0 Å². The zero-order valence-corrected chi connectivity index (χ0v) is 23.4. The van der Waals surface area contributed by atoms with E-state index in [4.69, 9.17) is 28.4 Å². The summed E-state index contributed by atoms with van der Waals surface area (Å²) in [7, 11) is 0. The Morgan fingerprint density at radius 2 is 1.73 bits per heavy atom. The van der Waals surface area contributed by atoms with Crippen LogP contribution in [0, 0.1) is 0 Å². The molecule has 0 N–H and O–H groups in total. The fourth-order valence-corrected chi connectivity index (χ4v) is 4.60. The van der Waals surface area contributed by atoms with Crippen LogP contribution >= 0.6 is 0 Å². The predicted molar refractivity (Wildman–Crippen MR) is 152 cm³/mol. The topological polar surface area (TPSA) is 72.5 Å². The highest BCUT2D eigenvalue weighted by molar-refractivity contribution is 5.93. The Morgan fingerprint density at radius 3 is 2.38 bits per heavy atom. The first-order chi connectivity index (χ1) is 19.4. The van der Waals surface area contributed by atoms with Gasteiger partial charge in [0.25, 0.3) is 0 Å². The molecule has 2 aromatic rings. The van der Waals surface area contributed by atoms with E-state index in [0.29, 0.717) is 32.7 Å². The van der Waals surface area contributed by atoms with Crippen LogP contribution in [-0.2, 0) is 46.4 Å². The van der Waals surface area contributed by atoms with Gasteiger partial charge in [-0.2, -0.15) is 0 Å². The van der Waals surface area contributed by atoms with Gasteiger partial charge in [0, 0.05) is 6.08 Å². The van der Waals surface area contributed by atoms with Gasteiger partial charge in [0.05, 0.1) is 38.8 Å². The molecule has 0 unspecified atom stereocenters. The number of ketones is 1. The number of ether oxygens (including phenoxy) is 6. The summed E-state index contributed by atoms with van der Waals surface area (Å²) in [6.45, 7) is 9.00. The summed E-state index contributed by atoms with van der Waals surface area (Å²) in [4.78, 5) is 12.6. The van der Waals surface area contributed by atoms with Crippen molar-refractivity contribution < 1.29 is 33.2 Å². The maximum absolute atomic E-state index is 12.6. The molecular weight excluding hydrogens is 508 g/mol. The largest absolute Gasteiger partial charge is 0.491 e. The third-order valence-corrected chi connectivity index (χ3v) is 6.72. The zero-order valence-electron chi connectivity index (χ0n) is 23.4. The summed E-state index contributed by atoms with van der Waals surface area (Å²) >= 11 is 0. The van der Waals surface area contributed by atoms with Crippen molar-refractivity contribution in [2.45, 2.75) is 76.2 Å². The Hall–Kier alpha value is -3.07. The molecule has 0 aromatic heterocycles. The van der Waals surface area contributed by atoms with Crippen LogP contribution in [0.2, 0.25) is 0 Å². The van der Waals surface area contributed by atoms with Crippen molar-refractivity contribution in [1.29, 1.82) is 0 Å². The van der Waals surface area contributed by atoms with Crippen LogP contribution in [0.15, 0.2) is 97.8 Å². The second-order valence-electron chi connectivity index (χ2n) is 10.4. The van der Waals surface area contributed by atoms with Crippen molar-refractivity contribution in [1.82, 2.24) is 0 Å². The molecule has 5 atom stereocenters. The molecule has 0 radical (unpaired) electrons. The van der Waals surface area contributed by atoms with Crippen LogP contribution in [0.5, 0.6) is 0 Å². The lowest BCUT2D eigenvalue weighted by atomic mass is 10.0. The van der Waals surface area contributed by atoms with E-state index in [-0.39, 0.29) is 30.7 Å². The van der Waals surface area contributed by atoms with Gasteiger partial charge in [-0.15, -0.1) is 6.58 Å². The minimum Gasteiger partial charge on any atom is -0.491 e. The second kappa shape index (κ2) is 15.1. The van der Waals surface area contributed by atoms with Crippen LogP contribution in [0.1, 0.15) is 37.8 Å². The molecule has 0 spiro atoms. The number of hydrogen-bond acceptors (Lipinski definition) is 7. The minimum atomic E-state index is -0.767. The number of carbonyl (C=O) groups excluding carboxylic acids is 1. The maximum Gasteiger partial charge on any atom is 0.189 e. The number of rotatable bonds is 13. The molecule has 4 rings (SSSR count). The number of carbonyl (C=O) groups is 1. The predicted octanol–water partition coefficient (Wildman–Crippen LogP) is 5.70. The van der Waals surface area contributed by atoms with Crippen molar-refractivity contribution in [3.8, 4) is 0 Å². The first-order valence-electron chi connectivity index (χ1n) is 13.8. The molecule has 40 heavy (non-hydrogen) atoms. The molecule has 214 valence electrons. The molecule has 7 heteroatoms. The molecule has 2 heterocycles. The second-order valence-corrected chi connectivity index (χ2v) is 10.4. The highest BCUT2D eigenvalue weighted by Crippen LogP contribution is 2.25. The Balaban J connectivity index is 1.43. The fraction of sp³-hybridized carbons (Fsp3) is 0.424. The number of benzene rings is 2. The zero-order chi connectivity index (χ0) is 28.2. The molecule has 7 nitrogen and oxygen atoms in total. The van der Waals surface area contributed by atoms with Crippen molar-refractivity contribution >= 4 is 5.78 Å². The third kappa shape index (κ3) is 9.25. The van der Waals surface area contributed by atoms with Crippen LogP contribution in [-0.4, -0.2) is 55.3 Å². The van der Waals surface area contributed by atoms with E-state index >= 15 is 0 Å². The van der Waals surface area contributed by atoms with Crippen LogP contribution < -0.4 is 0 Å². The smallest absolute Gasteiger partial charge is 0.189 e. The first kappa shape index (κ1) is 29.9. The maximum atomic E-state index is 12.6. The summed E-state index contributed by atoms with van der Waals surface area (Å²) in [5.74, 6) is -0.972. The van der Waals surface area contributed by atoms with Crippen LogP contribution in [0.4, 0.5) is 0 Å². The average molecular weight is 549 g/mol. The SMILES string of the molecule is C=CC[C@H]1O[C@@H](COCc2ccccc2)[C@H](OCc2ccccc2)C/C=C\[C@@H]1O/C=C/C(=O)[C@H]1COC(C)(C)O1. The molecule has 0 aliphatic carbocycles. The quantitative estimate of drug-likeness (QED) is 0.181. The van der Waals surface area contributed by atoms with Crippen molar-refractivity contribution in [2.24, 2.45) is 0 Å². The van der Waals surface area contributed by atoms with Gasteiger partial charge < -0.3 is 28.4 Å². The van der Waals surface area contributed by atoms with E-state index in [1.165, 1.54) is 12.3 Å². The molecule has 0 bridgehead atoms. The molecule has 2 aliphatic heterocycles. The van der Waals surface area contributed by atoms with Gasteiger partial charge in [0.2, 0.25) is 0 Å². The van der Waals surface area contributed by atoms with Gasteiger partial charge in [0.15, 0.2) is 11.6 Å². The van der Waals surface area contributed by atoms with E-state index in [1.54, 1.807) is 19.9 Å². The third-order valence-electron chi connectivity index (χ3n) is 6.72. The summed E-state index contributed by atoms with van der Waals surface area (Å²) in [5.41, 5.74) is 2.19. The van der Waals surface area contributed by atoms with E-state index in [1.807, 2.05) is 66.7 Å². The van der Waals surface area contributed by atoms with Crippen LogP contribution in [0.25, 0.3) is 0 Å². The average Bonchev–Trinajstić information content (AvgIpc) is 3.33. The minimum absolute atomic E-state index is 0.205. The molecule has 0 amide bonds. The van der Waals surface area contributed by atoms with Gasteiger partial charge in [0.1, 0.15) is 24.4 Å². The standard InChI is InChI=1S/C33H40O7/c1-4-12-30-28(36-20-19-27(34)31-24-38-33(2,3)40-31)17-11-18-29(37-22-26-15-9-6-10-16-26)32(39-30)23-35-21-25-13-7-5-8-14-25/h4-11,13-17,19-20,28-32H,1,12,18,21-24H2,2-3H3/b17-11-,20-19+/t28-,29+,30+,31+,32-/m0/s1. The van der Waals surface area contributed by atoms with Gasteiger partial charge >= 0.3 is 0 Å². The fourth-order valence-electron chi connectivity index (χ4n) is 4.60. The summed E-state index contributed by atoms with van der Waals surface area (Å²) in [6.07, 6.45) is 7.80. The van der Waals surface area contributed by atoms with Gasteiger partial charge in [-0.3, -0.25) is 4.79 Å². The van der Waals surface area contributed by atoms with Crippen molar-refractivity contribution in [2.75, 3.05) is 13.2 Å². The van der Waals surface area contributed by atoms with E-state index in [2.05, 4.69) is 12.7 Å². The Bertz CT molecular complexity index is 1110. The molecule has 1 fully saturated rings. The molecular formula is C33H40O7. The Kier molecular flexibility index (Phi) is 11.3. The molecule has 0 saturated carbocycles. The normalized spacial score (nSPS) is 27.1. The van der Waals surface area contributed by atoms with E-state index in [9.17, 15) is 4.79 Å². The van der Waals surface area contributed by atoms with Crippen LogP contribution in [0.3, 0.4) is 0 Å². The highest BCUT2D eigenvalue weighted by Gasteiger charge is 2.36. The first-order valence-corrected chi connectivity index (χ1v) is 13.8. The summed E-state index contributed by atoms with van der Waals surface area (Å²) in [5, 5.41) is 0. The van der Waals surface area contributed by atoms with Gasteiger partial charge in [-0.05, 0) is 43.9 Å². The number of hydrogen-bond donors (Lipinski definition) is 0. The van der Waals surface area contributed by atoms with Gasteiger partial charge in [-0.1, -0.05) is 72.8 Å². The molecule has 2 aliphatic rings. The van der Waals surface area contributed by atoms with Gasteiger partial charge in [-0.25, -0.2) is 0 Å². The van der Waals surface area contributed by atoms with Crippen molar-refractivity contribution in [3.05, 3.63) is 109 Å². The summed E-state index contributed by atoms with van der Waals surface area (Å²) < 4.78 is 36.2. The monoisotopic (exact) mass is 548 g/mol. The van der Waals surface area contributed by atoms with E-state index < -0.39 is 18.0 Å². The molecule has 1 saturated heterocycles. The van der Waals surface area contributed by atoms with E-state index in [0.717, 1.165) is 11.1 Å². The lowest BCUT2D eigenvalue weighted by Crippen LogP contribution is -2.43.